The van der Waals surface area contributed by atoms with Crippen molar-refractivity contribution < 1.29 is 19.0 Å². The third-order valence-electron chi connectivity index (χ3n) is 3.52. The molecule has 2 rings (SSSR count). The lowest BCUT2D eigenvalue weighted by Crippen LogP contribution is -2.31. The fourth-order valence-corrected chi connectivity index (χ4v) is 2.54. The first-order valence-corrected chi connectivity index (χ1v) is 8.16. The first-order valence-electron chi connectivity index (χ1n) is 7.37. The summed E-state index contributed by atoms with van der Waals surface area (Å²) >= 11 is 3.39. The summed E-state index contributed by atoms with van der Waals surface area (Å²) in [5.74, 6) is 1.91. The highest BCUT2D eigenvalue weighted by Gasteiger charge is 2.14. The fraction of sp³-hybridized carbons (Fsp3) is 0.278. The van der Waals surface area contributed by atoms with Gasteiger partial charge in [0.05, 0.1) is 18.7 Å². The minimum absolute atomic E-state index is 0.0302. The first kappa shape index (κ1) is 18.1. The van der Waals surface area contributed by atoms with E-state index < -0.39 is 0 Å². The van der Waals surface area contributed by atoms with Gasteiger partial charge in [-0.2, -0.15) is 0 Å². The van der Waals surface area contributed by atoms with Crippen LogP contribution >= 0.6 is 15.9 Å². The molecule has 24 heavy (non-hydrogen) atoms. The third kappa shape index (κ3) is 4.64. The number of nitrogens with zero attached hydrogens (tertiary/aromatic N) is 1. The Bertz CT molecular complexity index is 705. The van der Waals surface area contributed by atoms with Crippen LogP contribution in [-0.4, -0.2) is 38.7 Å². The molecule has 0 bridgehead atoms. The number of ether oxygens (including phenoxy) is 3. The Balaban J connectivity index is 1.98. The van der Waals surface area contributed by atoms with Crippen LogP contribution in [0.2, 0.25) is 0 Å². The Labute approximate surface area is 150 Å². The molecule has 0 spiro atoms. The van der Waals surface area contributed by atoms with Crippen LogP contribution in [0.1, 0.15) is 5.56 Å². The summed E-state index contributed by atoms with van der Waals surface area (Å²) in [6.45, 7) is 0.392. The average Bonchev–Trinajstić information content (AvgIpc) is 2.61. The molecule has 0 heterocycles. The lowest BCUT2D eigenvalue weighted by molar-refractivity contribution is -0.132. The zero-order chi connectivity index (χ0) is 17.5. The van der Waals surface area contributed by atoms with Gasteiger partial charge < -0.3 is 19.1 Å². The van der Waals surface area contributed by atoms with Crippen LogP contribution in [0, 0.1) is 0 Å². The van der Waals surface area contributed by atoms with Crippen molar-refractivity contribution in [2.75, 3.05) is 27.9 Å². The number of methoxy groups -OCH3 is 2. The number of carbonyl (C=O) groups is 1. The zero-order valence-corrected chi connectivity index (χ0v) is 15.5. The molecule has 0 aliphatic rings. The highest BCUT2D eigenvalue weighted by molar-refractivity contribution is 9.10. The largest absolute Gasteiger partial charge is 0.497 e. The van der Waals surface area contributed by atoms with Crippen LogP contribution in [-0.2, 0) is 11.3 Å². The SMILES string of the molecule is COc1ccc(CN(C)C(=O)COc2ccccc2Br)c(OC)c1. The van der Waals surface area contributed by atoms with Crippen molar-refractivity contribution in [3.63, 3.8) is 0 Å². The topological polar surface area (TPSA) is 48.0 Å². The van der Waals surface area contributed by atoms with E-state index in [0.29, 0.717) is 23.8 Å². The summed E-state index contributed by atoms with van der Waals surface area (Å²) < 4.78 is 16.9. The van der Waals surface area contributed by atoms with E-state index in [9.17, 15) is 4.79 Å². The van der Waals surface area contributed by atoms with Crippen molar-refractivity contribution >= 4 is 21.8 Å². The number of hydrogen-bond acceptors (Lipinski definition) is 4. The molecule has 1 amide bonds. The Morgan fingerprint density at radius 1 is 1.08 bits per heavy atom. The van der Waals surface area contributed by atoms with Crippen LogP contribution in [0.25, 0.3) is 0 Å². The van der Waals surface area contributed by atoms with Gasteiger partial charge in [0.15, 0.2) is 6.61 Å². The van der Waals surface area contributed by atoms with Gasteiger partial charge in [0.25, 0.3) is 5.91 Å². The molecule has 0 saturated carbocycles. The van der Waals surface area contributed by atoms with E-state index in [1.54, 1.807) is 32.2 Å². The van der Waals surface area contributed by atoms with E-state index in [1.807, 2.05) is 36.4 Å². The van der Waals surface area contributed by atoms with Gasteiger partial charge in [-0.05, 0) is 40.2 Å². The van der Waals surface area contributed by atoms with Gasteiger partial charge in [-0.15, -0.1) is 0 Å². The summed E-state index contributed by atoms with van der Waals surface area (Å²) in [4.78, 5) is 13.9. The molecule has 0 atom stereocenters. The molecule has 0 radical (unpaired) electrons. The summed E-state index contributed by atoms with van der Waals surface area (Å²) in [6.07, 6.45) is 0. The monoisotopic (exact) mass is 393 g/mol. The molecule has 0 aliphatic carbocycles. The third-order valence-corrected chi connectivity index (χ3v) is 4.17. The number of amides is 1. The van der Waals surface area contributed by atoms with Crippen molar-refractivity contribution in [3.8, 4) is 17.2 Å². The van der Waals surface area contributed by atoms with Crippen LogP contribution < -0.4 is 14.2 Å². The molecule has 0 unspecified atom stereocenters. The Morgan fingerprint density at radius 3 is 2.50 bits per heavy atom. The lowest BCUT2D eigenvalue weighted by Gasteiger charge is -2.19. The first-order chi connectivity index (χ1) is 11.5. The van der Waals surface area contributed by atoms with E-state index in [1.165, 1.54) is 0 Å². The van der Waals surface area contributed by atoms with E-state index in [0.717, 1.165) is 10.0 Å². The van der Waals surface area contributed by atoms with Gasteiger partial charge in [0.2, 0.25) is 0 Å². The summed E-state index contributed by atoms with van der Waals surface area (Å²) in [5.41, 5.74) is 0.898. The van der Waals surface area contributed by atoms with Gasteiger partial charge in [-0.1, -0.05) is 12.1 Å². The minimum atomic E-state index is -0.122. The number of carbonyl (C=O) groups excluding carboxylic acids is 1. The van der Waals surface area contributed by atoms with E-state index >= 15 is 0 Å². The van der Waals surface area contributed by atoms with E-state index in [4.69, 9.17) is 14.2 Å². The molecule has 0 N–H and O–H groups in total. The molecule has 0 fully saturated rings. The maximum absolute atomic E-state index is 12.3. The second-order valence-corrected chi connectivity index (χ2v) is 6.00. The van der Waals surface area contributed by atoms with Crippen LogP contribution in [0.5, 0.6) is 17.2 Å². The highest BCUT2D eigenvalue weighted by Crippen LogP contribution is 2.26. The lowest BCUT2D eigenvalue weighted by atomic mass is 10.2. The fourth-order valence-electron chi connectivity index (χ4n) is 2.14. The molecule has 2 aromatic rings. The number of halogens is 1. The highest BCUT2D eigenvalue weighted by atomic mass is 79.9. The van der Waals surface area contributed by atoms with Gasteiger partial charge >= 0.3 is 0 Å². The molecule has 0 aromatic heterocycles. The van der Waals surface area contributed by atoms with E-state index in [2.05, 4.69) is 15.9 Å². The number of benzene rings is 2. The molecular formula is C18H20BrNO4. The van der Waals surface area contributed by atoms with Gasteiger partial charge in [0, 0.05) is 25.2 Å². The molecule has 0 saturated heterocycles. The maximum atomic E-state index is 12.3. The van der Waals surface area contributed by atoms with Crippen molar-refractivity contribution in [3.05, 3.63) is 52.5 Å². The smallest absolute Gasteiger partial charge is 0.260 e. The number of likely N-dealkylation sites (N-methyl/N-ethyl adjacent to an activating group) is 1. The molecule has 0 aliphatic heterocycles. The maximum Gasteiger partial charge on any atom is 0.260 e. The zero-order valence-electron chi connectivity index (χ0n) is 13.9. The summed E-state index contributed by atoms with van der Waals surface area (Å²) in [7, 11) is 4.93. The van der Waals surface area contributed by atoms with Crippen molar-refractivity contribution in [2.24, 2.45) is 0 Å². The molecule has 2 aromatic carbocycles. The second-order valence-electron chi connectivity index (χ2n) is 5.15. The van der Waals surface area contributed by atoms with Crippen LogP contribution in [0.4, 0.5) is 0 Å². The number of rotatable bonds is 7. The van der Waals surface area contributed by atoms with Gasteiger partial charge in [-0.25, -0.2) is 0 Å². The number of hydrogen-bond donors (Lipinski definition) is 0. The van der Waals surface area contributed by atoms with Crippen LogP contribution in [0.15, 0.2) is 46.9 Å². The average molecular weight is 394 g/mol. The summed E-state index contributed by atoms with van der Waals surface area (Å²) in [6, 6.07) is 12.9. The Morgan fingerprint density at radius 2 is 1.83 bits per heavy atom. The Hall–Kier alpha value is -2.21. The predicted octanol–water partition coefficient (Wildman–Crippen LogP) is 3.50. The summed E-state index contributed by atoms with van der Waals surface area (Å²) in [5, 5.41) is 0. The van der Waals surface area contributed by atoms with E-state index in [-0.39, 0.29) is 12.5 Å². The molecule has 5 nitrogen and oxygen atoms in total. The Kier molecular flexibility index (Phi) is 6.49. The normalized spacial score (nSPS) is 10.2. The second kappa shape index (κ2) is 8.59. The molecule has 128 valence electrons. The number of para-hydroxylation sites is 1. The molecule has 6 heteroatoms. The predicted molar refractivity (Wildman–Crippen MR) is 95.7 cm³/mol. The van der Waals surface area contributed by atoms with Crippen molar-refractivity contribution in [2.45, 2.75) is 6.54 Å². The van der Waals surface area contributed by atoms with Crippen molar-refractivity contribution in [1.82, 2.24) is 4.90 Å². The van der Waals surface area contributed by atoms with Gasteiger partial charge in [-0.3, -0.25) is 4.79 Å². The minimum Gasteiger partial charge on any atom is -0.497 e. The standard InChI is InChI=1S/C18H20BrNO4/c1-20(11-13-8-9-14(22-2)10-17(13)23-3)18(21)12-24-16-7-5-4-6-15(16)19/h4-10H,11-12H2,1-3H3. The van der Waals surface area contributed by atoms with Crippen molar-refractivity contribution in [1.29, 1.82) is 0 Å². The van der Waals surface area contributed by atoms with Crippen LogP contribution in [0.3, 0.4) is 0 Å². The van der Waals surface area contributed by atoms with Gasteiger partial charge in [0.1, 0.15) is 17.2 Å². The molecular weight excluding hydrogens is 374 g/mol. The quantitative estimate of drug-likeness (QED) is 0.721.